The molecule has 0 fully saturated rings. The maximum absolute atomic E-state index is 4.11. The van der Waals surface area contributed by atoms with Crippen molar-refractivity contribution in [2.75, 3.05) is 6.54 Å². The fourth-order valence-corrected chi connectivity index (χ4v) is 1.81. The molecule has 0 saturated carbocycles. The molecule has 19 heavy (non-hydrogen) atoms. The number of hydrogen-bond donors (Lipinski definition) is 1. The lowest BCUT2D eigenvalue weighted by molar-refractivity contribution is 0.616. The lowest BCUT2D eigenvalue weighted by Crippen LogP contribution is -2.18. The first kappa shape index (κ1) is 13.5. The number of nitrogens with one attached hydrogen (secondary N) is 1. The van der Waals surface area contributed by atoms with Crippen LogP contribution in [0.4, 0.5) is 0 Å². The quantitative estimate of drug-likeness (QED) is 0.836. The van der Waals surface area contributed by atoms with Crippen molar-refractivity contribution in [2.24, 2.45) is 0 Å². The van der Waals surface area contributed by atoms with Crippen LogP contribution in [-0.4, -0.2) is 21.3 Å². The van der Waals surface area contributed by atoms with E-state index >= 15 is 0 Å². The highest BCUT2D eigenvalue weighted by atomic mass is 15.3. The molecule has 2 rings (SSSR count). The lowest BCUT2D eigenvalue weighted by atomic mass is 10.1. The van der Waals surface area contributed by atoms with Crippen LogP contribution >= 0.6 is 0 Å². The van der Waals surface area contributed by atoms with Crippen LogP contribution in [0, 0.1) is 0 Å². The highest BCUT2D eigenvalue weighted by molar-refractivity contribution is 5.34. The van der Waals surface area contributed by atoms with E-state index in [1.165, 1.54) is 17.5 Å². The maximum atomic E-state index is 4.11. The Kier molecular flexibility index (Phi) is 4.47. The third-order valence-corrected chi connectivity index (χ3v) is 3.01. The average Bonchev–Trinajstić information content (AvgIpc) is 2.92. The van der Waals surface area contributed by atoms with Gasteiger partial charge in [-0.3, -0.25) is 0 Å². The summed E-state index contributed by atoms with van der Waals surface area (Å²) in [5.41, 5.74) is 3.63. The molecule has 4 nitrogen and oxygen atoms in total. The minimum Gasteiger partial charge on any atom is -0.307 e. The van der Waals surface area contributed by atoms with E-state index in [9.17, 15) is 0 Å². The molecule has 1 heterocycles. The van der Waals surface area contributed by atoms with Crippen molar-refractivity contribution in [3.63, 3.8) is 0 Å². The molecule has 100 valence electrons. The van der Waals surface area contributed by atoms with Gasteiger partial charge in [0, 0.05) is 12.6 Å². The van der Waals surface area contributed by atoms with Gasteiger partial charge >= 0.3 is 0 Å². The van der Waals surface area contributed by atoms with Crippen molar-refractivity contribution in [1.29, 1.82) is 0 Å². The van der Waals surface area contributed by atoms with Crippen molar-refractivity contribution in [3.8, 4) is 5.69 Å². The monoisotopic (exact) mass is 256 g/mol. The van der Waals surface area contributed by atoms with Gasteiger partial charge in [-0.15, -0.1) is 0 Å². The maximum Gasteiger partial charge on any atom is 0.138 e. The number of allylic oxidation sites excluding steroid dienone is 1. The number of benzene rings is 1. The van der Waals surface area contributed by atoms with Crippen LogP contribution in [-0.2, 0) is 0 Å². The molecule has 2 aromatic rings. The molecular weight excluding hydrogens is 236 g/mol. The SMILES string of the molecule is CC(C)=CCNC(C)c1ccc(-n2cncn2)cc1. The van der Waals surface area contributed by atoms with Crippen LogP contribution in [0.2, 0.25) is 0 Å². The summed E-state index contributed by atoms with van der Waals surface area (Å²) in [5, 5.41) is 7.59. The zero-order chi connectivity index (χ0) is 13.7. The van der Waals surface area contributed by atoms with Crippen LogP contribution in [0.5, 0.6) is 0 Å². The van der Waals surface area contributed by atoms with Crippen molar-refractivity contribution >= 4 is 0 Å². The van der Waals surface area contributed by atoms with Gasteiger partial charge in [0.1, 0.15) is 12.7 Å². The van der Waals surface area contributed by atoms with E-state index in [0.717, 1.165) is 12.2 Å². The predicted octanol–water partition coefficient (Wildman–Crippen LogP) is 2.88. The molecule has 0 aliphatic carbocycles. The molecule has 1 aromatic heterocycles. The van der Waals surface area contributed by atoms with Crippen LogP contribution in [0.15, 0.2) is 48.6 Å². The second-order valence-electron chi connectivity index (χ2n) is 4.84. The van der Waals surface area contributed by atoms with Crippen LogP contribution < -0.4 is 5.32 Å². The Morgan fingerprint density at radius 2 is 2.05 bits per heavy atom. The minimum absolute atomic E-state index is 0.334. The molecule has 0 amide bonds. The molecule has 1 aromatic carbocycles. The topological polar surface area (TPSA) is 42.7 Å². The van der Waals surface area contributed by atoms with E-state index in [0.29, 0.717) is 6.04 Å². The Morgan fingerprint density at radius 3 is 2.63 bits per heavy atom. The number of hydrogen-bond acceptors (Lipinski definition) is 3. The number of nitrogens with zero attached hydrogens (tertiary/aromatic N) is 3. The Labute approximate surface area is 114 Å². The van der Waals surface area contributed by atoms with E-state index in [1.807, 2.05) is 0 Å². The second kappa shape index (κ2) is 6.29. The minimum atomic E-state index is 0.334. The Morgan fingerprint density at radius 1 is 1.32 bits per heavy atom. The van der Waals surface area contributed by atoms with Gasteiger partial charge in [-0.05, 0) is 38.5 Å². The standard InChI is InChI=1S/C15H20N4/c1-12(2)8-9-17-13(3)14-4-6-15(7-5-14)19-11-16-10-18-19/h4-8,10-11,13,17H,9H2,1-3H3. The van der Waals surface area contributed by atoms with Gasteiger partial charge in [0.05, 0.1) is 5.69 Å². The molecule has 0 aliphatic heterocycles. The summed E-state index contributed by atoms with van der Waals surface area (Å²) in [4.78, 5) is 3.95. The summed E-state index contributed by atoms with van der Waals surface area (Å²) in [6.45, 7) is 7.29. The Bertz CT molecular complexity index is 522. The van der Waals surface area contributed by atoms with E-state index in [1.54, 1.807) is 11.0 Å². The lowest BCUT2D eigenvalue weighted by Gasteiger charge is -2.13. The first-order chi connectivity index (χ1) is 9.16. The summed E-state index contributed by atoms with van der Waals surface area (Å²) >= 11 is 0. The van der Waals surface area contributed by atoms with Crippen molar-refractivity contribution < 1.29 is 0 Å². The Balaban J connectivity index is 2.00. The van der Waals surface area contributed by atoms with Crippen LogP contribution in [0.25, 0.3) is 5.69 Å². The molecule has 1 N–H and O–H groups in total. The van der Waals surface area contributed by atoms with Gasteiger partial charge in [0.15, 0.2) is 0 Å². The van der Waals surface area contributed by atoms with Gasteiger partial charge in [0.2, 0.25) is 0 Å². The second-order valence-corrected chi connectivity index (χ2v) is 4.84. The predicted molar refractivity (Wildman–Crippen MR) is 77.2 cm³/mol. The van der Waals surface area contributed by atoms with E-state index in [4.69, 9.17) is 0 Å². The molecule has 0 bridgehead atoms. The zero-order valence-corrected chi connectivity index (χ0v) is 11.7. The van der Waals surface area contributed by atoms with Crippen LogP contribution in [0.3, 0.4) is 0 Å². The van der Waals surface area contributed by atoms with Crippen molar-refractivity contribution in [2.45, 2.75) is 26.8 Å². The normalized spacial score (nSPS) is 12.2. The summed E-state index contributed by atoms with van der Waals surface area (Å²) < 4.78 is 1.76. The van der Waals surface area contributed by atoms with Crippen LogP contribution in [0.1, 0.15) is 32.4 Å². The van der Waals surface area contributed by atoms with Gasteiger partial charge < -0.3 is 5.32 Å². The summed E-state index contributed by atoms with van der Waals surface area (Å²) in [5.74, 6) is 0. The smallest absolute Gasteiger partial charge is 0.138 e. The van der Waals surface area contributed by atoms with Crippen molar-refractivity contribution in [1.82, 2.24) is 20.1 Å². The van der Waals surface area contributed by atoms with E-state index in [2.05, 4.69) is 66.5 Å². The summed E-state index contributed by atoms with van der Waals surface area (Å²) in [6.07, 6.45) is 5.43. The molecule has 0 radical (unpaired) electrons. The van der Waals surface area contributed by atoms with Gasteiger partial charge in [-0.2, -0.15) is 5.10 Å². The molecule has 1 atom stereocenters. The highest BCUT2D eigenvalue weighted by Gasteiger charge is 2.04. The molecule has 4 heteroatoms. The number of aromatic nitrogens is 3. The highest BCUT2D eigenvalue weighted by Crippen LogP contribution is 2.14. The largest absolute Gasteiger partial charge is 0.307 e. The van der Waals surface area contributed by atoms with Gasteiger partial charge in [0.25, 0.3) is 0 Å². The average molecular weight is 256 g/mol. The number of rotatable bonds is 5. The zero-order valence-electron chi connectivity index (χ0n) is 11.7. The van der Waals surface area contributed by atoms with Crippen molar-refractivity contribution in [3.05, 3.63) is 54.1 Å². The van der Waals surface area contributed by atoms with Gasteiger partial charge in [-0.25, -0.2) is 9.67 Å². The molecule has 0 aliphatic rings. The fraction of sp³-hybridized carbons (Fsp3) is 0.333. The Hall–Kier alpha value is -1.94. The molecule has 0 spiro atoms. The van der Waals surface area contributed by atoms with Gasteiger partial charge in [-0.1, -0.05) is 23.8 Å². The summed E-state index contributed by atoms with van der Waals surface area (Å²) in [7, 11) is 0. The first-order valence-corrected chi connectivity index (χ1v) is 6.48. The summed E-state index contributed by atoms with van der Waals surface area (Å²) in [6, 6.07) is 8.70. The molecule has 0 saturated heterocycles. The third kappa shape index (κ3) is 3.76. The van der Waals surface area contributed by atoms with E-state index < -0.39 is 0 Å². The molecular formula is C15H20N4. The fourth-order valence-electron chi connectivity index (χ4n) is 1.81. The first-order valence-electron chi connectivity index (χ1n) is 6.48. The molecule has 1 unspecified atom stereocenters. The van der Waals surface area contributed by atoms with E-state index in [-0.39, 0.29) is 0 Å². The third-order valence-electron chi connectivity index (χ3n) is 3.01.